The van der Waals surface area contributed by atoms with Crippen LogP contribution in [-0.2, 0) is 22.6 Å². The van der Waals surface area contributed by atoms with Crippen molar-refractivity contribution in [3.63, 3.8) is 0 Å². The first-order valence-electron chi connectivity index (χ1n) is 9.83. The number of nitrogens with zero attached hydrogens (tertiary/aromatic N) is 5. The number of carbonyl (C=O) groups is 2. The standard InChI is InChI=1S/C22H23N5O2/c1-16-14-20-26(12-3-13-27(20)25-16)21(29)9-8-19(28)15-17-4-6-18(7-5-17)22-23-10-2-11-24-22/h2,4-7,10-11,14H,3,8-9,12-13,15H2,1H3. The first-order valence-corrected chi connectivity index (χ1v) is 9.83. The van der Waals surface area contributed by atoms with E-state index in [-0.39, 0.29) is 24.5 Å². The van der Waals surface area contributed by atoms with Crippen LogP contribution in [-0.4, -0.2) is 38.0 Å². The molecule has 0 saturated carbocycles. The van der Waals surface area contributed by atoms with Crippen LogP contribution in [0.5, 0.6) is 0 Å². The molecule has 4 rings (SSSR count). The molecule has 29 heavy (non-hydrogen) atoms. The lowest BCUT2D eigenvalue weighted by Crippen LogP contribution is -2.37. The zero-order chi connectivity index (χ0) is 20.2. The average molecular weight is 389 g/mol. The van der Waals surface area contributed by atoms with Crippen LogP contribution in [0.4, 0.5) is 5.82 Å². The molecule has 3 aromatic rings. The molecule has 0 spiro atoms. The number of anilines is 1. The van der Waals surface area contributed by atoms with Crippen molar-refractivity contribution in [3.05, 3.63) is 60.0 Å². The van der Waals surface area contributed by atoms with E-state index in [1.54, 1.807) is 23.4 Å². The SMILES string of the molecule is Cc1cc2n(n1)CCCN2C(=O)CCC(=O)Cc1ccc(-c2ncccn2)cc1. The molecule has 7 heteroatoms. The van der Waals surface area contributed by atoms with E-state index in [0.29, 0.717) is 18.8 Å². The van der Waals surface area contributed by atoms with Crippen molar-refractivity contribution in [2.45, 2.75) is 39.2 Å². The highest BCUT2D eigenvalue weighted by molar-refractivity contribution is 5.95. The molecule has 0 radical (unpaired) electrons. The molecule has 2 aromatic heterocycles. The van der Waals surface area contributed by atoms with Gasteiger partial charge in [-0.15, -0.1) is 0 Å². The van der Waals surface area contributed by atoms with Crippen LogP contribution < -0.4 is 4.90 Å². The van der Waals surface area contributed by atoms with Crippen LogP contribution in [0.2, 0.25) is 0 Å². The first-order chi connectivity index (χ1) is 14.1. The summed E-state index contributed by atoms with van der Waals surface area (Å²) in [5.41, 5.74) is 2.74. The summed E-state index contributed by atoms with van der Waals surface area (Å²) < 4.78 is 1.87. The second kappa shape index (κ2) is 8.34. The van der Waals surface area contributed by atoms with Gasteiger partial charge in [0, 0.05) is 56.4 Å². The first kappa shape index (κ1) is 19.0. The van der Waals surface area contributed by atoms with E-state index in [2.05, 4.69) is 15.1 Å². The maximum Gasteiger partial charge on any atom is 0.228 e. The van der Waals surface area contributed by atoms with Gasteiger partial charge in [-0.1, -0.05) is 24.3 Å². The topological polar surface area (TPSA) is 81.0 Å². The fraction of sp³-hybridized carbons (Fsp3) is 0.318. The van der Waals surface area contributed by atoms with Crippen LogP contribution in [0.25, 0.3) is 11.4 Å². The fourth-order valence-corrected chi connectivity index (χ4v) is 3.58. The Morgan fingerprint density at radius 1 is 1.03 bits per heavy atom. The highest BCUT2D eigenvalue weighted by atomic mass is 16.2. The third kappa shape index (κ3) is 4.39. The molecule has 0 fully saturated rings. The second-order valence-corrected chi connectivity index (χ2v) is 7.25. The lowest BCUT2D eigenvalue weighted by molar-refractivity contribution is -0.123. The van der Waals surface area contributed by atoms with Crippen LogP contribution >= 0.6 is 0 Å². The van der Waals surface area contributed by atoms with Gasteiger partial charge in [-0.2, -0.15) is 5.10 Å². The Morgan fingerprint density at radius 2 is 1.79 bits per heavy atom. The van der Waals surface area contributed by atoms with Crippen LogP contribution in [0, 0.1) is 6.92 Å². The lowest BCUT2D eigenvalue weighted by Gasteiger charge is -2.27. The Balaban J connectivity index is 1.32. The monoisotopic (exact) mass is 389 g/mol. The highest BCUT2D eigenvalue weighted by Gasteiger charge is 2.24. The maximum atomic E-state index is 12.6. The van der Waals surface area contributed by atoms with Gasteiger partial charge < -0.3 is 0 Å². The zero-order valence-corrected chi connectivity index (χ0v) is 16.4. The summed E-state index contributed by atoms with van der Waals surface area (Å²) in [5.74, 6) is 1.54. The molecule has 1 aliphatic heterocycles. The van der Waals surface area contributed by atoms with Gasteiger partial charge in [0.1, 0.15) is 11.6 Å². The summed E-state index contributed by atoms with van der Waals surface area (Å²) in [4.78, 5) is 35.2. The molecule has 3 heterocycles. The summed E-state index contributed by atoms with van der Waals surface area (Å²) in [6.45, 7) is 3.43. The molecular formula is C22H23N5O2. The van der Waals surface area contributed by atoms with Crippen LogP contribution in [0.3, 0.4) is 0 Å². The van der Waals surface area contributed by atoms with Crippen molar-refractivity contribution in [1.29, 1.82) is 0 Å². The smallest absolute Gasteiger partial charge is 0.228 e. The molecule has 1 aliphatic rings. The number of Topliss-reactive ketones (excluding diaryl/α,β-unsaturated/α-hetero) is 1. The van der Waals surface area contributed by atoms with Crippen molar-refractivity contribution in [2.24, 2.45) is 0 Å². The lowest BCUT2D eigenvalue weighted by atomic mass is 10.0. The van der Waals surface area contributed by atoms with E-state index in [1.165, 1.54) is 0 Å². The molecule has 0 aliphatic carbocycles. The fourth-order valence-electron chi connectivity index (χ4n) is 3.58. The second-order valence-electron chi connectivity index (χ2n) is 7.25. The number of ketones is 1. The van der Waals surface area contributed by atoms with E-state index in [1.807, 2.05) is 41.9 Å². The molecule has 1 aromatic carbocycles. The molecule has 0 atom stereocenters. The van der Waals surface area contributed by atoms with Gasteiger partial charge in [0.05, 0.1) is 5.69 Å². The predicted octanol–water partition coefficient (Wildman–Crippen LogP) is 2.98. The molecule has 1 amide bonds. The summed E-state index contributed by atoms with van der Waals surface area (Å²) >= 11 is 0. The van der Waals surface area contributed by atoms with E-state index in [9.17, 15) is 9.59 Å². The minimum absolute atomic E-state index is 0.0178. The van der Waals surface area contributed by atoms with Gasteiger partial charge in [-0.05, 0) is 25.0 Å². The van der Waals surface area contributed by atoms with Crippen LogP contribution in [0.1, 0.15) is 30.5 Å². The number of aryl methyl sites for hydroxylation is 2. The predicted molar refractivity (Wildman–Crippen MR) is 109 cm³/mol. The molecular weight excluding hydrogens is 366 g/mol. The normalized spacial score (nSPS) is 13.2. The van der Waals surface area contributed by atoms with E-state index < -0.39 is 0 Å². The van der Waals surface area contributed by atoms with Gasteiger partial charge >= 0.3 is 0 Å². The van der Waals surface area contributed by atoms with Gasteiger partial charge in [-0.25, -0.2) is 14.6 Å². The Kier molecular flexibility index (Phi) is 5.46. The van der Waals surface area contributed by atoms with E-state index >= 15 is 0 Å². The quantitative estimate of drug-likeness (QED) is 0.647. The summed E-state index contributed by atoms with van der Waals surface area (Å²) in [6.07, 6.45) is 5.07. The Bertz CT molecular complexity index is 1010. The number of hydrogen-bond donors (Lipinski definition) is 0. The summed E-state index contributed by atoms with van der Waals surface area (Å²) in [5, 5.41) is 4.41. The minimum Gasteiger partial charge on any atom is -0.299 e. The number of benzene rings is 1. The van der Waals surface area contributed by atoms with Gasteiger partial charge in [0.2, 0.25) is 5.91 Å². The minimum atomic E-state index is -0.0178. The highest BCUT2D eigenvalue weighted by Crippen LogP contribution is 2.23. The number of amides is 1. The third-order valence-corrected chi connectivity index (χ3v) is 5.01. The number of hydrogen-bond acceptors (Lipinski definition) is 5. The molecule has 148 valence electrons. The zero-order valence-electron chi connectivity index (χ0n) is 16.4. The van der Waals surface area contributed by atoms with Crippen molar-refractivity contribution in [1.82, 2.24) is 19.7 Å². The number of fused-ring (bicyclic) bond motifs is 1. The van der Waals surface area contributed by atoms with Crippen molar-refractivity contribution in [2.75, 3.05) is 11.4 Å². The Hall–Kier alpha value is -3.35. The third-order valence-electron chi connectivity index (χ3n) is 5.01. The number of carbonyl (C=O) groups excluding carboxylic acids is 2. The van der Waals surface area contributed by atoms with Crippen LogP contribution in [0.15, 0.2) is 48.8 Å². The largest absolute Gasteiger partial charge is 0.299 e. The van der Waals surface area contributed by atoms with Crippen molar-refractivity contribution in [3.8, 4) is 11.4 Å². The number of aromatic nitrogens is 4. The number of rotatable bonds is 6. The Labute approximate surface area is 169 Å². The maximum absolute atomic E-state index is 12.6. The molecule has 0 N–H and O–H groups in total. The molecule has 7 nitrogen and oxygen atoms in total. The average Bonchev–Trinajstić information content (AvgIpc) is 3.13. The molecule has 0 saturated heterocycles. The van der Waals surface area contributed by atoms with Gasteiger partial charge in [0.15, 0.2) is 5.82 Å². The van der Waals surface area contributed by atoms with E-state index in [4.69, 9.17) is 0 Å². The van der Waals surface area contributed by atoms with E-state index in [0.717, 1.165) is 35.6 Å². The van der Waals surface area contributed by atoms with Crippen molar-refractivity contribution >= 4 is 17.5 Å². The molecule has 0 unspecified atom stereocenters. The Morgan fingerprint density at radius 3 is 2.55 bits per heavy atom. The van der Waals surface area contributed by atoms with Crippen molar-refractivity contribution < 1.29 is 9.59 Å². The van der Waals surface area contributed by atoms with Gasteiger partial charge in [-0.3, -0.25) is 14.5 Å². The molecule has 0 bridgehead atoms. The summed E-state index contributed by atoms with van der Waals surface area (Å²) in [6, 6.07) is 11.4. The summed E-state index contributed by atoms with van der Waals surface area (Å²) in [7, 11) is 0. The van der Waals surface area contributed by atoms with Gasteiger partial charge in [0.25, 0.3) is 0 Å².